The molecular formula is C7H17N3. The van der Waals surface area contributed by atoms with E-state index in [1.54, 1.807) is 6.08 Å². The monoisotopic (exact) mass is 143 g/mol. The van der Waals surface area contributed by atoms with Crippen LogP contribution in [0.1, 0.15) is 20.3 Å². The average Bonchev–Trinajstić information content (AvgIpc) is 1.88. The first-order valence-corrected chi connectivity index (χ1v) is 3.63. The molecule has 0 fully saturated rings. The lowest BCUT2D eigenvalue weighted by atomic mass is 10.2. The molecule has 0 bridgehead atoms. The van der Waals surface area contributed by atoms with Crippen molar-refractivity contribution in [3.05, 3.63) is 11.9 Å². The van der Waals surface area contributed by atoms with Gasteiger partial charge in [-0.2, -0.15) is 0 Å². The van der Waals surface area contributed by atoms with Crippen molar-refractivity contribution in [2.45, 2.75) is 26.3 Å². The van der Waals surface area contributed by atoms with Gasteiger partial charge in [0, 0.05) is 12.6 Å². The number of rotatable bonds is 4. The summed E-state index contributed by atoms with van der Waals surface area (Å²) in [5.74, 6) is 0.678. The standard InChI is InChI=1S/C7H17N3/c1-3-6(2)10-7(9)4-5-8/h4,6,10H,3,5,8-9H2,1-2H3/b7-4-/t6-/m1/s1. The lowest BCUT2D eigenvalue weighted by Crippen LogP contribution is -2.29. The van der Waals surface area contributed by atoms with Crippen molar-refractivity contribution >= 4 is 0 Å². The molecule has 0 unspecified atom stereocenters. The first kappa shape index (κ1) is 9.30. The van der Waals surface area contributed by atoms with Gasteiger partial charge < -0.3 is 16.8 Å². The largest absolute Gasteiger partial charge is 0.386 e. The topological polar surface area (TPSA) is 64.1 Å². The molecule has 1 atom stereocenters. The Bertz CT molecular complexity index is 109. The summed E-state index contributed by atoms with van der Waals surface area (Å²) >= 11 is 0. The second kappa shape index (κ2) is 5.11. The van der Waals surface area contributed by atoms with Gasteiger partial charge in [-0.1, -0.05) is 6.92 Å². The number of hydrogen-bond acceptors (Lipinski definition) is 3. The van der Waals surface area contributed by atoms with Crippen LogP contribution in [0.5, 0.6) is 0 Å². The molecule has 10 heavy (non-hydrogen) atoms. The highest BCUT2D eigenvalue weighted by molar-refractivity contribution is 4.95. The zero-order chi connectivity index (χ0) is 7.98. The molecule has 0 rings (SSSR count). The maximum atomic E-state index is 5.53. The van der Waals surface area contributed by atoms with Crippen LogP contribution in [0.15, 0.2) is 11.9 Å². The molecule has 0 saturated carbocycles. The third-order valence-corrected chi connectivity index (χ3v) is 1.36. The van der Waals surface area contributed by atoms with E-state index < -0.39 is 0 Å². The summed E-state index contributed by atoms with van der Waals surface area (Å²) in [7, 11) is 0. The maximum absolute atomic E-state index is 5.53. The normalized spacial score (nSPS) is 14.9. The van der Waals surface area contributed by atoms with Crippen molar-refractivity contribution < 1.29 is 0 Å². The molecule has 0 spiro atoms. The maximum Gasteiger partial charge on any atom is 0.0933 e. The van der Waals surface area contributed by atoms with Crippen LogP contribution in [0.2, 0.25) is 0 Å². The predicted molar refractivity (Wildman–Crippen MR) is 44.2 cm³/mol. The molecule has 5 N–H and O–H groups in total. The van der Waals surface area contributed by atoms with Gasteiger partial charge in [-0.3, -0.25) is 0 Å². The van der Waals surface area contributed by atoms with Crippen molar-refractivity contribution in [2.75, 3.05) is 6.54 Å². The van der Waals surface area contributed by atoms with Crippen LogP contribution in [-0.4, -0.2) is 12.6 Å². The Hall–Kier alpha value is -0.700. The Kier molecular flexibility index (Phi) is 4.76. The van der Waals surface area contributed by atoms with E-state index in [9.17, 15) is 0 Å². The quantitative estimate of drug-likeness (QED) is 0.524. The SMILES string of the molecule is CC[C@@H](C)N/C(N)=C\CN. The molecule has 60 valence electrons. The Morgan fingerprint density at radius 2 is 2.30 bits per heavy atom. The molecule has 0 radical (unpaired) electrons. The van der Waals surface area contributed by atoms with E-state index in [2.05, 4.69) is 19.2 Å². The van der Waals surface area contributed by atoms with E-state index in [4.69, 9.17) is 11.5 Å². The van der Waals surface area contributed by atoms with E-state index in [1.165, 1.54) is 0 Å². The summed E-state index contributed by atoms with van der Waals surface area (Å²) in [5, 5.41) is 3.09. The molecule has 0 aromatic heterocycles. The molecule has 0 aromatic carbocycles. The van der Waals surface area contributed by atoms with Gasteiger partial charge in [0.1, 0.15) is 0 Å². The fraction of sp³-hybridized carbons (Fsp3) is 0.714. The number of nitrogens with one attached hydrogen (secondary N) is 1. The van der Waals surface area contributed by atoms with Crippen molar-refractivity contribution in [2.24, 2.45) is 11.5 Å². The highest BCUT2D eigenvalue weighted by Crippen LogP contribution is 1.89. The van der Waals surface area contributed by atoms with Gasteiger partial charge in [-0.25, -0.2) is 0 Å². The van der Waals surface area contributed by atoms with Gasteiger partial charge >= 0.3 is 0 Å². The summed E-state index contributed by atoms with van der Waals surface area (Å²) < 4.78 is 0. The molecule has 0 heterocycles. The minimum atomic E-state index is 0.433. The molecular weight excluding hydrogens is 126 g/mol. The zero-order valence-corrected chi connectivity index (χ0v) is 6.72. The van der Waals surface area contributed by atoms with Gasteiger partial charge in [0.25, 0.3) is 0 Å². The molecule has 0 amide bonds. The Morgan fingerprint density at radius 3 is 2.70 bits per heavy atom. The fourth-order valence-corrected chi connectivity index (χ4v) is 0.572. The number of nitrogens with two attached hydrogens (primary N) is 2. The summed E-state index contributed by atoms with van der Waals surface area (Å²) in [6.07, 6.45) is 2.84. The van der Waals surface area contributed by atoms with Crippen LogP contribution >= 0.6 is 0 Å². The van der Waals surface area contributed by atoms with Gasteiger partial charge in [-0.05, 0) is 19.4 Å². The van der Waals surface area contributed by atoms with E-state index in [1.807, 2.05) is 0 Å². The lowest BCUT2D eigenvalue weighted by molar-refractivity contribution is 0.590. The molecule has 3 heteroatoms. The molecule has 3 nitrogen and oxygen atoms in total. The summed E-state index contributed by atoms with van der Waals surface area (Å²) in [4.78, 5) is 0. The van der Waals surface area contributed by atoms with Gasteiger partial charge in [-0.15, -0.1) is 0 Å². The Labute approximate surface area is 62.5 Å². The summed E-state index contributed by atoms with van der Waals surface area (Å²) in [6, 6.07) is 0.433. The predicted octanol–water partition coefficient (Wildman–Crippen LogP) is 0.133. The van der Waals surface area contributed by atoms with E-state index in [0.717, 1.165) is 6.42 Å². The highest BCUT2D eigenvalue weighted by Gasteiger charge is 1.95. The van der Waals surface area contributed by atoms with Crippen molar-refractivity contribution in [1.82, 2.24) is 5.32 Å². The van der Waals surface area contributed by atoms with Crippen LogP contribution in [0.3, 0.4) is 0 Å². The smallest absolute Gasteiger partial charge is 0.0933 e. The second-order valence-electron chi connectivity index (χ2n) is 2.35. The van der Waals surface area contributed by atoms with Crippen LogP contribution in [-0.2, 0) is 0 Å². The fourth-order valence-electron chi connectivity index (χ4n) is 0.572. The average molecular weight is 143 g/mol. The van der Waals surface area contributed by atoms with E-state index in [0.29, 0.717) is 18.4 Å². The van der Waals surface area contributed by atoms with Gasteiger partial charge in [0.05, 0.1) is 5.82 Å². The van der Waals surface area contributed by atoms with Crippen molar-refractivity contribution in [3.8, 4) is 0 Å². The first-order chi connectivity index (χ1) is 4.70. The first-order valence-electron chi connectivity index (χ1n) is 3.63. The Balaban J connectivity index is 3.56. The Morgan fingerprint density at radius 1 is 1.70 bits per heavy atom. The summed E-state index contributed by atoms with van der Waals surface area (Å²) in [5.41, 5.74) is 10.8. The zero-order valence-electron chi connectivity index (χ0n) is 6.72. The third kappa shape index (κ3) is 4.21. The third-order valence-electron chi connectivity index (χ3n) is 1.36. The highest BCUT2D eigenvalue weighted by atomic mass is 15.0. The minimum Gasteiger partial charge on any atom is -0.386 e. The number of hydrogen-bond donors (Lipinski definition) is 3. The van der Waals surface area contributed by atoms with Gasteiger partial charge in [0.15, 0.2) is 0 Å². The molecule has 0 saturated heterocycles. The van der Waals surface area contributed by atoms with Crippen LogP contribution < -0.4 is 16.8 Å². The minimum absolute atomic E-state index is 0.433. The lowest BCUT2D eigenvalue weighted by Gasteiger charge is -2.12. The molecule has 0 aliphatic heterocycles. The van der Waals surface area contributed by atoms with Crippen LogP contribution in [0, 0.1) is 0 Å². The van der Waals surface area contributed by atoms with Crippen LogP contribution in [0.4, 0.5) is 0 Å². The second-order valence-corrected chi connectivity index (χ2v) is 2.35. The van der Waals surface area contributed by atoms with E-state index in [-0.39, 0.29) is 0 Å². The van der Waals surface area contributed by atoms with Gasteiger partial charge in [0.2, 0.25) is 0 Å². The molecule has 0 aliphatic carbocycles. The summed E-state index contributed by atoms with van der Waals surface area (Å²) in [6.45, 7) is 4.68. The van der Waals surface area contributed by atoms with Crippen molar-refractivity contribution in [1.29, 1.82) is 0 Å². The molecule has 0 aromatic rings. The van der Waals surface area contributed by atoms with Crippen LogP contribution in [0.25, 0.3) is 0 Å². The van der Waals surface area contributed by atoms with Crippen molar-refractivity contribution in [3.63, 3.8) is 0 Å². The van der Waals surface area contributed by atoms with E-state index >= 15 is 0 Å². The molecule has 0 aliphatic rings.